The fraction of sp³-hybridized carbons (Fsp3) is 0.556. The molecule has 0 saturated carbocycles. The van der Waals surface area contributed by atoms with E-state index < -0.39 is 0 Å². The number of benzene rings is 1. The molecule has 2 amide bonds. The second-order valence-corrected chi connectivity index (χ2v) is 6.82. The number of hydrogen-bond donors (Lipinski definition) is 0. The molecule has 3 heterocycles. The molecule has 6 heteroatoms. The minimum atomic E-state index is -0.357. The Morgan fingerprint density at radius 2 is 2.12 bits per heavy atom. The molecule has 0 aliphatic carbocycles. The molecule has 24 heavy (non-hydrogen) atoms. The minimum Gasteiger partial charge on any atom is -0.378 e. The van der Waals surface area contributed by atoms with Gasteiger partial charge in [0.05, 0.1) is 19.8 Å². The van der Waals surface area contributed by atoms with Gasteiger partial charge in [-0.25, -0.2) is 0 Å². The first-order valence-corrected chi connectivity index (χ1v) is 8.54. The van der Waals surface area contributed by atoms with Gasteiger partial charge < -0.3 is 19.3 Å². The fourth-order valence-corrected chi connectivity index (χ4v) is 3.83. The minimum absolute atomic E-state index is 0.00981. The molecule has 0 N–H and O–H groups in total. The van der Waals surface area contributed by atoms with Gasteiger partial charge in [-0.1, -0.05) is 18.2 Å². The molecule has 1 aromatic rings. The fourth-order valence-electron chi connectivity index (χ4n) is 3.83. The van der Waals surface area contributed by atoms with Gasteiger partial charge in [0, 0.05) is 25.3 Å². The highest BCUT2D eigenvalue weighted by atomic mass is 16.5. The molecule has 0 aromatic heterocycles. The third-order valence-corrected chi connectivity index (χ3v) is 5.11. The van der Waals surface area contributed by atoms with Crippen LogP contribution in [0.4, 0.5) is 0 Å². The monoisotopic (exact) mass is 330 g/mol. The molecule has 1 unspecified atom stereocenters. The Bertz CT molecular complexity index is 649. The van der Waals surface area contributed by atoms with Crippen LogP contribution in [0, 0.1) is 0 Å². The van der Waals surface area contributed by atoms with E-state index in [-0.39, 0.29) is 24.0 Å². The van der Waals surface area contributed by atoms with Gasteiger partial charge in [-0.15, -0.1) is 0 Å². The summed E-state index contributed by atoms with van der Waals surface area (Å²) >= 11 is 0. The first-order chi connectivity index (χ1) is 11.7. The van der Waals surface area contributed by atoms with E-state index in [0.717, 1.165) is 25.0 Å². The Morgan fingerprint density at radius 1 is 1.25 bits per heavy atom. The lowest BCUT2D eigenvalue weighted by Crippen LogP contribution is -2.58. The van der Waals surface area contributed by atoms with Crippen LogP contribution in [-0.2, 0) is 20.8 Å². The summed E-state index contributed by atoms with van der Waals surface area (Å²) in [6.07, 6.45) is 1.88. The van der Waals surface area contributed by atoms with E-state index in [1.54, 1.807) is 4.90 Å². The Hall–Kier alpha value is -1.92. The van der Waals surface area contributed by atoms with Crippen molar-refractivity contribution in [1.29, 1.82) is 0 Å². The van der Waals surface area contributed by atoms with E-state index in [9.17, 15) is 9.59 Å². The smallest absolute Gasteiger partial charge is 0.254 e. The van der Waals surface area contributed by atoms with Crippen molar-refractivity contribution < 1.29 is 19.1 Å². The van der Waals surface area contributed by atoms with Crippen LogP contribution in [0.25, 0.3) is 0 Å². The van der Waals surface area contributed by atoms with Gasteiger partial charge in [0.2, 0.25) is 5.91 Å². The maximum atomic E-state index is 12.7. The Kier molecular flexibility index (Phi) is 4.02. The number of rotatable bonds is 2. The molecule has 3 aliphatic heterocycles. The molecule has 0 radical (unpaired) electrons. The lowest BCUT2D eigenvalue weighted by molar-refractivity contribution is -0.177. The summed E-state index contributed by atoms with van der Waals surface area (Å²) in [4.78, 5) is 28.6. The van der Waals surface area contributed by atoms with Crippen molar-refractivity contribution in [1.82, 2.24) is 9.80 Å². The van der Waals surface area contributed by atoms with Crippen LogP contribution in [0.3, 0.4) is 0 Å². The SMILES string of the molecule is O=C(CN1Cc2ccccc2C1=O)N1CCOC2(CCCOC2)C1. The molecule has 1 aromatic carbocycles. The van der Waals surface area contributed by atoms with Gasteiger partial charge in [0.15, 0.2) is 0 Å². The highest BCUT2D eigenvalue weighted by Crippen LogP contribution is 2.28. The summed E-state index contributed by atoms with van der Waals surface area (Å²) in [6, 6.07) is 7.55. The van der Waals surface area contributed by atoms with Crippen LogP contribution in [0.5, 0.6) is 0 Å². The van der Waals surface area contributed by atoms with Gasteiger partial charge >= 0.3 is 0 Å². The highest BCUT2D eigenvalue weighted by molar-refractivity contribution is 6.00. The Labute approximate surface area is 141 Å². The topological polar surface area (TPSA) is 59.1 Å². The molecule has 0 bridgehead atoms. The van der Waals surface area contributed by atoms with Crippen LogP contribution < -0.4 is 0 Å². The van der Waals surface area contributed by atoms with Crippen LogP contribution in [-0.4, -0.2) is 66.7 Å². The van der Waals surface area contributed by atoms with Crippen molar-refractivity contribution in [3.8, 4) is 0 Å². The molecular formula is C18H22N2O4. The molecule has 4 rings (SSSR count). The number of carbonyl (C=O) groups excluding carboxylic acids is 2. The number of nitrogens with zero attached hydrogens (tertiary/aromatic N) is 2. The van der Waals surface area contributed by atoms with Crippen LogP contribution in [0.15, 0.2) is 24.3 Å². The van der Waals surface area contributed by atoms with E-state index in [4.69, 9.17) is 9.47 Å². The normalized spacial score (nSPS) is 26.8. The zero-order valence-corrected chi connectivity index (χ0v) is 13.7. The molecule has 2 saturated heterocycles. The summed E-state index contributed by atoms with van der Waals surface area (Å²) < 4.78 is 11.5. The molecule has 1 spiro atoms. The van der Waals surface area contributed by atoms with Gasteiger partial charge in [-0.2, -0.15) is 0 Å². The van der Waals surface area contributed by atoms with Crippen LogP contribution >= 0.6 is 0 Å². The van der Waals surface area contributed by atoms with E-state index in [2.05, 4.69) is 0 Å². The van der Waals surface area contributed by atoms with Crippen molar-refractivity contribution in [2.24, 2.45) is 0 Å². The summed E-state index contributed by atoms with van der Waals surface area (Å²) in [5.41, 5.74) is 1.35. The summed E-state index contributed by atoms with van der Waals surface area (Å²) in [7, 11) is 0. The lowest BCUT2D eigenvalue weighted by Gasteiger charge is -2.44. The number of fused-ring (bicyclic) bond motifs is 1. The molecule has 128 valence electrons. The van der Waals surface area contributed by atoms with E-state index in [1.165, 1.54) is 0 Å². The summed E-state index contributed by atoms with van der Waals surface area (Å²) in [5.74, 6) is -0.0627. The van der Waals surface area contributed by atoms with Crippen LogP contribution in [0.2, 0.25) is 0 Å². The predicted octanol–water partition coefficient (Wildman–Crippen LogP) is 1.05. The quantitative estimate of drug-likeness (QED) is 0.813. The number of morpholine rings is 1. The number of ether oxygens (including phenoxy) is 2. The summed E-state index contributed by atoms with van der Waals surface area (Å²) in [6.45, 7) is 3.62. The highest BCUT2D eigenvalue weighted by Gasteiger charge is 2.40. The first kappa shape index (κ1) is 15.6. The number of hydrogen-bond acceptors (Lipinski definition) is 4. The van der Waals surface area contributed by atoms with Crippen LogP contribution in [0.1, 0.15) is 28.8 Å². The van der Waals surface area contributed by atoms with Crippen molar-refractivity contribution in [3.63, 3.8) is 0 Å². The lowest BCUT2D eigenvalue weighted by atomic mass is 9.94. The van der Waals surface area contributed by atoms with Gasteiger partial charge in [0.1, 0.15) is 12.1 Å². The molecule has 6 nitrogen and oxygen atoms in total. The molecular weight excluding hydrogens is 308 g/mol. The third kappa shape index (κ3) is 2.80. The van der Waals surface area contributed by atoms with E-state index in [0.29, 0.717) is 38.4 Å². The third-order valence-electron chi connectivity index (χ3n) is 5.11. The average Bonchev–Trinajstić information content (AvgIpc) is 2.92. The van der Waals surface area contributed by atoms with Crippen molar-refractivity contribution in [2.75, 3.05) is 39.5 Å². The molecule has 3 aliphatic rings. The first-order valence-electron chi connectivity index (χ1n) is 8.54. The zero-order valence-electron chi connectivity index (χ0n) is 13.7. The van der Waals surface area contributed by atoms with Crippen molar-refractivity contribution >= 4 is 11.8 Å². The number of carbonyl (C=O) groups is 2. The second kappa shape index (κ2) is 6.18. The van der Waals surface area contributed by atoms with Crippen molar-refractivity contribution in [3.05, 3.63) is 35.4 Å². The largest absolute Gasteiger partial charge is 0.378 e. The maximum Gasteiger partial charge on any atom is 0.254 e. The Balaban J connectivity index is 1.41. The van der Waals surface area contributed by atoms with Gasteiger partial charge in [-0.05, 0) is 24.5 Å². The van der Waals surface area contributed by atoms with Crippen molar-refractivity contribution in [2.45, 2.75) is 25.0 Å². The van der Waals surface area contributed by atoms with E-state index in [1.807, 2.05) is 29.2 Å². The zero-order chi connectivity index (χ0) is 16.6. The standard InChI is InChI=1S/C18H22N2O4/c21-16(11-20-10-14-4-1-2-5-15(14)17(20)22)19-7-9-24-18(12-19)6-3-8-23-13-18/h1-2,4-5H,3,6-13H2. The maximum absolute atomic E-state index is 12.7. The molecule has 2 fully saturated rings. The second-order valence-electron chi connectivity index (χ2n) is 6.82. The number of amides is 2. The van der Waals surface area contributed by atoms with E-state index >= 15 is 0 Å². The summed E-state index contributed by atoms with van der Waals surface area (Å²) in [5, 5.41) is 0. The molecule has 1 atom stereocenters. The van der Waals surface area contributed by atoms with Gasteiger partial charge in [0.25, 0.3) is 5.91 Å². The average molecular weight is 330 g/mol. The van der Waals surface area contributed by atoms with Gasteiger partial charge in [-0.3, -0.25) is 9.59 Å². The predicted molar refractivity (Wildman–Crippen MR) is 86.5 cm³/mol. The Morgan fingerprint density at radius 3 is 2.92 bits per heavy atom.